The van der Waals surface area contributed by atoms with Gasteiger partial charge in [-0.25, -0.2) is 9.59 Å². The number of rotatable bonds is 9. The highest BCUT2D eigenvalue weighted by Gasteiger charge is 2.24. The smallest absolute Gasteiger partial charge is 0.375 e. The maximum Gasteiger partial charge on any atom is 0.375 e. The number of hydrogen-bond donors (Lipinski definition) is 1. The monoisotopic (exact) mass is 455 g/mol. The number of ketones is 1. The Morgan fingerprint density at radius 1 is 1.12 bits per heavy atom. The summed E-state index contributed by atoms with van der Waals surface area (Å²) in [4.78, 5) is 50.1. The van der Waals surface area contributed by atoms with Gasteiger partial charge >= 0.3 is 11.7 Å². The van der Waals surface area contributed by atoms with E-state index in [1.807, 2.05) is 32.0 Å². The molecule has 1 aromatic carbocycles. The number of nitrogens with zero attached hydrogens (tertiary/aromatic N) is 2. The number of nitrogen functional groups attached to an aromatic ring is 1. The molecule has 2 aromatic heterocycles. The summed E-state index contributed by atoms with van der Waals surface area (Å²) in [5.74, 6) is -1.45. The van der Waals surface area contributed by atoms with E-state index in [1.54, 1.807) is 18.2 Å². The van der Waals surface area contributed by atoms with Crippen LogP contribution >= 0.6 is 0 Å². The van der Waals surface area contributed by atoms with E-state index in [-0.39, 0.29) is 30.6 Å². The van der Waals surface area contributed by atoms with Gasteiger partial charge in [0, 0.05) is 19.2 Å². The van der Waals surface area contributed by atoms with Crippen molar-refractivity contribution in [3.8, 4) is 5.75 Å². The van der Waals surface area contributed by atoms with Crippen LogP contribution in [0, 0.1) is 5.92 Å². The molecular weight excluding hydrogens is 430 g/mol. The summed E-state index contributed by atoms with van der Waals surface area (Å²) in [6.07, 6.45) is 1.30. The zero-order valence-corrected chi connectivity index (χ0v) is 18.6. The maximum absolute atomic E-state index is 12.7. The molecule has 0 aliphatic carbocycles. The predicted molar refractivity (Wildman–Crippen MR) is 119 cm³/mol. The lowest BCUT2D eigenvalue weighted by atomic mass is 10.1. The number of hydrogen-bond acceptors (Lipinski definition) is 8. The number of nitrogens with two attached hydrogens (primary N) is 1. The minimum absolute atomic E-state index is 0.0405. The second-order valence-corrected chi connectivity index (χ2v) is 7.79. The summed E-state index contributed by atoms with van der Waals surface area (Å²) in [5, 5.41) is 0. The van der Waals surface area contributed by atoms with Gasteiger partial charge in [0.25, 0.3) is 5.56 Å². The molecule has 0 spiro atoms. The number of para-hydroxylation sites is 1. The first-order valence-electron chi connectivity index (χ1n) is 10.2. The molecule has 2 N–H and O–H groups in total. The van der Waals surface area contributed by atoms with Gasteiger partial charge in [0.05, 0.1) is 6.26 Å². The number of benzene rings is 1. The number of carbonyl (C=O) groups is 2. The second kappa shape index (κ2) is 10.0. The number of carbonyl (C=O) groups excluding carboxylic acids is 2. The number of ether oxygens (including phenoxy) is 2. The van der Waals surface area contributed by atoms with Crippen molar-refractivity contribution in [3.63, 3.8) is 0 Å². The zero-order valence-electron chi connectivity index (χ0n) is 18.6. The first-order chi connectivity index (χ1) is 15.7. The highest BCUT2D eigenvalue weighted by molar-refractivity contribution is 6.02. The van der Waals surface area contributed by atoms with Gasteiger partial charge < -0.3 is 19.6 Å². The Bertz CT molecular complexity index is 1270. The van der Waals surface area contributed by atoms with E-state index in [0.717, 1.165) is 9.13 Å². The topological polar surface area (TPSA) is 136 Å². The standard InChI is InChI=1S/C23H25N3O7/c1-14(2)11-26-20(24)18(21(28)25(3)23(26)30)17(27)13-33-22(29)19-15(9-10-31-19)12-32-16-7-5-4-6-8-16/h4-10,14H,11-13,24H2,1-3H3. The molecule has 10 nitrogen and oxygen atoms in total. The first-order valence-corrected chi connectivity index (χ1v) is 10.2. The molecule has 0 unspecified atom stereocenters. The van der Waals surface area contributed by atoms with Crippen molar-refractivity contribution in [2.75, 3.05) is 12.3 Å². The van der Waals surface area contributed by atoms with E-state index < -0.39 is 35.2 Å². The molecule has 2 heterocycles. The van der Waals surface area contributed by atoms with Crippen molar-refractivity contribution in [1.29, 1.82) is 0 Å². The molecule has 0 amide bonds. The summed E-state index contributed by atoms with van der Waals surface area (Å²) in [7, 11) is 1.26. The fraction of sp³-hybridized carbons (Fsp3) is 0.304. The Balaban J connectivity index is 1.74. The van der Waals surface area contributed by atoms with Gasteiger partial charge in [-0.1, -0.05) is 32.0 Å². The summed E-state index contributed by atoms with van der Waals surface area (Å²) in [6, 6.07) is 10.6. The summed E-state index contributed by atoms with van der Waals surface area (Å²) >= 11 is 0. The molecule has 3 aromatic rings. The van der Waals surface area contributed by atoms with Gasteiger partial charge in [0.1, 0.15) is 23.7 Å². The molecular formula is C23H25N3O7. The Labute approximate surface area is 189 Å². The van der Waals surface area contributed by atoms with E-state index in [1.165, 1.54) is 13.3 Å². The minimum Gasteiger partial charge on any atom is -0.489 e. The third-order valence-electron chi connectivity index (χ3n) is 4.81. The van der Waals surface area contributed by atoms with Crippen LogP contribution in [0.25, 0.3) is 0 Å². The van der Waals surface area contributed by atoms with Gasteiger partial charge in [-0.3, -0.25) is 18.7 Å². The van der Waals surface area contributed by atoms with Crippen LogP contribution in [0.3, 0.4) is 0 Å². The van der Waals surface area contributed by atoms with Crippen molar-refractivity contribution in [3.05, 3.63) is 80.4 Å². The van der Waals surface area contributed by atoms with Gasteiger partial charge in [-0.15, -0.1) is 0 Å². The van der Waals surface area contributed by atoms with E-state index in [0.29, 0.717) is 11.3 Å². The van der Waals surface area contributed by atoms with Crippen LogP contribution in [-0.2, 0) is 24.9 Å². The largest absolute Gasteiger partial charge is 0.489 e. The van der Waals surface area contributed by atoms with Crippen LogP contribution in [0.5, 0.6) is 5.75 Å². The van der Waals surface area contributed by atoms with Crippen molar-refractivity contribution in [2.45, 2.75) is 27.0 Å². The Hall–Kier alpha value is -4.08. The highest BCUT2D eigenvalue weighted by Crippen LogP contribution is 2.17. The number of anilines is 1. The molecule has 0 fully saturated rings. The van der Waals surface area contributed by atoms with Gasteiger partial charge in [-0.2, -0.15) is 0 Å². The van der Waals surface area contributed by atoms with Crippen molar-refractivity contribution in [2.24, 2.45) is 13.0 Å². The van der Waals surface area contributed by atoms with Crippen LogP contribution in [0.15, 0.2) is 56.7 Å². The fourth-order valence-corrected chi connectivity index (χ4v) is 3.16. The van der Waals surface area contributed by atoms with E-state index in [4.69, 9.17) is 19.6 Å². The highest BCUT2D eigenvalue weighted by atomic mass is 16.5. The first kappa shape index (κ1) is 23.6. The number of esters is 1. The third kappa shape index (κ3) is 5.22. The molecule has 33 heavy (non-hydrogen) atoms. The summed E-state index contributed by atoms with van der Waals surface area (Å²) in [6.45, 7) is 3.24. The zero-order chi connectivity index (χ0) is 24.1. The lowest BCUT2D eigenvalue weighted by Crippen LogP contribution is -2.43. The fourth-order valence-electron chi connectivity index (χ4n) is 3.16. The normalized spacial score (nSPS) is 10.9. The van der Waals surface area contributed by atoms with Crippen LogP contribution < -0.4 is 21.7 Å². The van der Waals surface area contributed by atoms with Gasteiger partial charge in [0.15, 0.2) is 6.61 Å². The number of furan rings is 1. The quantitative estimate of drug-likeness (QED) is 0.382. The van der Waals surface area contributed by atoms with Crippen molar-refractivity contribution < 1.29 is 23.5 Å². The summed E-state index contributed by atoms with van der Waals surface area (Å²) in [5.41, 5.74) is 4.52. The SMILES string of the molecule is CC(C)Cn1c(N)c(C(=O)COC(=O)c2occc2COc2ccccc2)c(=O)n(C)c1=O. The Morgan fingerprint density at radius 3 is 2.48 bits per heavy atom. The summed E-state index contributed by atoms with van der Waals surface area (Å²) < 4.78 is 17.8. The minimum atomic E-state index is -0.897. The van der Waals surface area contributed by atoms with Crippen molar-refractivity contribution >= 4 is 17.6 Å². The molecule has 174 valence electrons. The molecule has 0 atom stereocenters. The average Bonchev–Trinajstić information content (AvgIpc) is 3.27. The van der Waals surface area contributed by atoms with E-state index >= 15 is 0 Å². The lowest BCUT2D eigenvalue weighted by Gasteiger charge is -2.16. The number of aromatic nitrogens is 2. The molecule has 0 radical (unpaired) electrons. The predicted octanol–water partition coefficient (Wildman–Crippen LogP) is 2.00. The molecule has 10 heteroatoms. The van der Waals surface area contributed by atoms with E-state index in [2.05, 4.69) is 0 Å². The van der Waals surface area contributed by atoms with Gasteiger partial charge in [0.2, 0.25) is 11.5 Å². The van der Waals surface area contributed by atoms with Crippen LogP contribution in [0.4, 0.5) is 5.82 Å². The molecule has 0 aliphatic rings. The van der Waals surface area contributed by atoms with Crippen LogP contribution in [0.2, 0.25) is 0 Å². The maximum atomic E-state index is 12.7. The Morgan fingerprint density at radius 2 is 1.82 bits per heavy atom. The molecule has 0 bridgehead atoms. The van der Waals surface area contributed by atoms with Crippen molar-refractivity contribution in [1.82, 2.24) is 9.13 Å². The van der Waals surface area contributed by atoms with Gasteiger partial charge in [-0.05, 0) is 24.1 Å². The Kier molecular flexibility index (Phi) is 7.17. The molecule has 0 saturated heterocycles. The lowest BCUT2D eigenvalue weighted by molar-refractivity contribution is 0.0440. The third-order valence-corrected chi connectivity index (χ3v) is 4.81. The molecule has 3 rings (SSSR count). The van der Waals surface area contributed by atoms with Crippen LogP contribution in [0.1, 0.15) is 40.3 Å². The van der Waals surface area contributed by atoms with Crippen LogP contribution in [-0.4, -0.2) is 27.5 Å². The average molecular weight is 455 g/mol. The second-order valence-electron chi connectivity index (χ2n) is 7.79. The number of Topliss-reactive ketones (excluding diaryl/α,β-unsaturated/α-hetero) is 1. The molecule has 0 aliphatic heterocycles. The van der Waals surface area contributed by atoms with E-state index in [9.17, 15) is 19.2 Å². The molecule has 0 saturated carbocycles.